The lowest BCUT2D eigenvalue weighted by atomic mass is 10.0. The summed E-state index contributed by atoms with van der Waals surface area (Å²) in [5.41, 5.74) is 1.97. The molecule has 1 fully saturated rings. The maximum atomic E-state index is 12.5. The number of thioether (sulfide) groups is 1. The summed E-state index contributed by atoms with van der Waals surface area (Å²) in [6.07, 6.45) is 1.44. The second kappa shape index (κ2) is 9.00. The standard InChI is InChI=1S/C21H19NO7S/c1-4-28-18(23)11-22-19(24)17(30-21(22)26)10-14-7-8-16(29-14)15-9-13(20(25)27-3)6-5-12(15)2/h5-10H,4,11H2,1-3H3/b17-10+. The molecule has 2 aromatic rings. The first kappa shape index (κ1) is 21.4. The van der Waals surface area contributed by atoms with Crippen LogP contribution in [0.5, 0.6) is 0 Å². The summed E-state index contributed by atoms with van der Waals surface area (Å²) >= 11 is 0.724. The van der Waals surface area contributed by atoms with Crippen LogP contribution < -0.4 is 0 Å². The average molecular weight is 429 g/mol. The second-order valence-electron chi connectivity index (χ2n) is 6.30. The van der Waals surface area contributed by atoms with Crippen LogP contribution in [0.2, 0.25) is 0 Å². The number of furan rings is 1. The van der Waals surface area contributed by atoms with E-state index in [-0.39, 0.29) is 11.5 Å². The number of carbonyl (C=O) groups is 4. The van der Waals surface area contributed by atoms with Crippen molar-refractivity contribution >= 4 is 40.9 Å². The van der Waals surface area contributed by atoms with E-state index in [0.29, 0.717) is 22.6 Å². The van der Waals surface area contributed by atoms with Gasteiger partial charge in [0.15, 0.2) is 0 Å². The molecule has 1 aromatic heterocycles. The van der Waals surface area contributed by atoms with Crippen LogP contribution in [-0.2, 0) is 19.1 Å². The van der Waals surface area contributed by atoms with Crippen LogP contribution in [0.3, 0.4) is 0 Å². The third-order valence-corrected chi connectivity index (χ3v) is 5.20. The fraction of sp³-hybridized carbons (Fsp3) is 0.238. The summed E-state index contributed by atoms with van der Waals surface area (Å²) < 4.78 is 15.3. The number of nitrogens with zero attached hydrogens (tertiary/aromatic N) is 1. The summed E-state index contributed by atoms with van der Waals surface area (Å²) in [6.45, 7) is 3.25. The maximum absolute atomic E-state index is 12.5. The molecule has 2 amide bonds. The number of imide groups is 1. The fourth-order valence-electron chi connectivity index (χ4n) is 2.81. The van der Waals surface area contributed by atoms with Crippen molar-refractivity contribution in [3.8, 4) is 11.3 Å². The Hall–Kier alpha value is -3.33. The van der Waals surface area contributed by atoms with Gasteiger partial charge in [0.2, 0.25) is 0 Å². The highest BCUT2D eigenvalue weighted by atomic mass is 32.2. The molecule has 3 rings (SSSR count). The van der Waals surface area contributed by atoms with Crippen molar-refractivity contribution in [2.24, 2.45) is 0 Å². The largest absolute Gasteiger partial charge is 0.465 e. The molecule has 8 nitrogen and oxygen atoms in total. The van der Waals surface area contributed by atoms with Gasteiger partial charge in [-0.25, -0.2) is 4.79 Å². The molecule has 1 aromatic carbocycles. The van der Waals surface area contributed by atoms with Crippen LogP contribution in [0.4, 0.5) is 4.79 Å². The van der Waals surface area contributed by atoms with Gasteiger partial charge in [-0.15, -0.1) is 0 Å². The molecule has 1 saturated heterocycles. The van der Waals surface area contributed by atoms with Crippen LogP contribution in [0.15, 0.2) is 39.7 Å². The summed E-state index contributed by atoms with van der Waals surface area (Å²) in [5, 5.41) is -0.548. The molecule has 0 atom stereocenters. The number of ether oxygens (including phenoxy) is 2. The molecule has 0 aliphatic carbocycles. The van der Waals surface area contributed by atoms with Crippen molar-refractivity contribution in [2.45, 2.75) is 13.8 Å². The van der Waals surface area contributed by atoms with Gasteiger partial charge in [-0.3, -0.25) is 19.3 Å². The molecule has 1 aliphatic heterocycles. The fourth-order valence-corrected chi connectivity index (χ4v) is 3.63. The molecule has 1 aliphatic rings. The van der Waals surface area contributed by atoms with Crippen LogP contribution in [0, 0.1) is 6.92 Å². The van der Waals surface area contributed by atoms with E-state index < -0.39 is 29.6 Å². The molecule has 0 N–H and O–H groups in total. The highest BCUT2D eigenvalue weighted by Gasteiger charge is 2.36. The third-order valence-electron chi connectivity index (χ3n) is 4.29. The Morgan fingerprint density at radius 2 is 1.97 bits per heavy atom. The molecular formula is C21H19NO7S. The second-order valence-corrected chi connectivity index (χ2v) is 7.29. The highest BCUT2D eigenvalue weighted by Crippen LogP contribution is 2.34. The minimum Gasteiger partial charge on any atom is -0.465 e. The number of benzene rings is 1. The van der Waals surface area contributed by atoms with E-state index in [2.05, 4.69) is 0 Å². The summed E-state index contributed by atoms with van der Waals surface area (Å²) in [4.78, 5) is 48.9. The van der Waals surface area contributed by atoms with Gasteiger partial charge in [0.05, 0.1) is 24.2 Å². The Bertz CT molecular complexity index is 1050. The van der Waals surface area contributed by atoms with Gasteiger partial charge < -0.3 is 13.9 Å². The molecule has 156 valence electrons. The number of rotatable bonds is 6. The van der Waals surface area contributed by atoms with Crippen molar-refractivity contribution in [1.29, 1.82) is 0 Å². The predicted molar refractivity (Wildman–Crippen MR) is 110 cm³/mol. The van der Waals surface area contributed by atoms with Gasteiger partial charge in [0.25, 0.3) is 11.1 Å². The SMILES string of the molecule is CCOC(=O)CN1C(=O)S/C(=C/c2ccc(-c3cc(C(=O)OC)ccc3C)o2)C1=O. The Labute approximate surface area is 176 Å². The molecular weight excluding hydrogens is 410 g/mol. The highest BCUT2D eigenvalue weighted by molar-refractivity contribution is 8.18. The molecule has 30 heavy (non-hydrogen) atoms. The predicted octanol–water partition coefficient (Wildman–Crippen LogP) is 3.64. The molecule has 2 heterocycles. The summed E-state index contributed by atoms with van der Waals surface area (Å²) in [6, 6.07) is 8.46. The van der Waals surface area contributed by atoms with Gasteiger partial charge in [0, 0.05) is 11.6 Å². The van der Waals surface area contributed by atoms with Crippen LogP contribution in [-0.4, -0.2) is 48.2 Å². The Kier molecular flexibility index (Phi) is 6.41. The third kappa shape index (κ3) is 4.46. The summed E-state index contributed by atoms with van der Waals surface area (Å²) in [7, 11) is 1.31. The van der Waals surface area contributed by atoms with Crippen molar-refractivity contribution in [3.05, 3.63) is 52.1 Å². The molecule has 0 saturated carbocycles. The number of carbonyl (C=O) groups excluding carboxylic acids is 4. The molecule has 0 unspecified atom stereocenters. The van der Waals surface area contributed by atoms with Gasteiger partial charge in [-0.05, 0) is 55.4 Å². The van der Waals surface area contributed by atoms with Gasteiger partial charge in [0.1, 0.15) is 18.1 Å². The van der Waals surface area contributed by atoms with Gasteiger partial charge in [-0.1, -0.05) is 6.07 Å². The monoisotopic (exact) mass is 429 g/mol. The zero-order chi connectivity index (χ0) is 21.8. The topological polar surface area (TPSA) is 103 Å². The lowest BCUT2D eigenvalue weighted by molar-refractivity contribution is -0.145. The van der Waals surface area contributed by atoms with E-state index in [4.69, 9.17) is 13.9 Å². The Balaban J connectivity index is 1.83. The maximum Gasteiger partial charge on any atom is 0.337 e. The Morgan fingerprint density at radius 1 is 1.20 bits per heavy atom. The lowest BCUT2D eigenvalue weighted by Gasteiger charge is -2.10. The minimum atomic E-state index is -0.651. The van der Waals surface area contributed by atoms with E-state index in [9.17, 15) is 19.2 Å². The lowest BCUT2D eigenvalue weighted by Crippen LogP contribution is -2.34. The normalized spacial score (nSPS) is 15.0. The number of amides is 2. The summed E-state index contributed by atoms with van der Waals surface area (Å²) in [5.74, 6) is -0.842. The number of methoxy groups -OCH3 is 1. The first-order valence-electron chi connectivity index (χ1n) is 9.04. The number of esters is 2. The minimum absolute atomic E-state index is 0.144. The van der Waals surface area contributed by atoms with E-state index in [1.807, 2.05) is 6.92 Å². The van der Waals surface area contributed by atoms with E-state index in [1.165, 1.54) is 13.2 Å². The van der Waals surface area contributed by atoms with E-state index >= 15 is 0 Å². The van der Waals surface area contributed by atoms with Gasteiger partial charge >= 0.3 is 11.9 Å². The average Bonchev–Trinajstić information content (AvgIpc) is 3.28. The van der Waals surface area contributed by atoms with Crippen molar-refractivity contribution in [1.82, 2.24) is 4.90 Å². The van der Waals surface area contributed by atoms with Crippen molar-refractivity contribution < 1.29 is 33.1 Å². The first-order valence-corrected chi connectivity index (χ1v) is 9.85. The zero-order valence-electron chi connectivity index (χ0n) is 16.6. The number of aryl methyl sites for hydroxylation is 1. The molecule has 0 bridgehead atoms. The zero-order valence-corrected chi connectivity index (χ0v) is 17.4. The van der Waals surface area contributed by atoms with E-state index in [1.54, 1.807) is 37.3 Å². The van der Waals surface area contributed by atoms with Crippen molar-refractivity contribution in [3.63, 3.8) is 0 Å². The van der Waals surface area contributed by atoms with Crippen LogP contribution >= 0.6 is 11.8 Å². The van der Waals surface area contributed by atoms with Gasteiger partial charge in [-0.2, -0.15) is 0 Å². The van der Waals surface area contributed by atoms with Crippen LogP contribution in [0.1, 0.15) is 28.6 Å². The van der Waals surface area contributed by atoms with E-state index in [0.717, 1.165) is 22.2 Å². The molecule has 0 spiro atoms. The van der Waals surface area contributed by atoms with Crippen LogP contribution in [0.25, 0.3) is 17.4 Å². The Morgan fingerprint density at radius 3 is 2.67 bits per heavy atom. The molecule has 0 radical (unpaired) electrons. The quantitative estimate of drug-likeness (QED) is 0.506. The first-order chi connectivity index (χ1) is 14.3. The molecule has 9 heteroatoms. The smallest absolute Gasteiger partial charge is 0.337 e. The number of hydrogen-bond donors (Lipinski definition) is 0. The van der Waals surface area contributed by atoms with Crippen molar-refractivity contribution in [2.75, 3.05) is 20.3 Å². The number of hydrogen-bond acceptors (Lipinski definition) is 8.